The molecule has 5 nitrogen and oxygen atoms in total. The van der Waals surface area contributed by atoms with Crippen LogP contribution in [-0.2, 0) is 34.2 Å². The van der Waals surface area contributed by atoms with Gasteiger partial charge in [-0.05, 0) is 60.2 Å². The molecule has 0 atom stereocenters. The number of carbonyl (C=O) groups is 1. The predicted molar refractivity (Wildman–Crippen MR) is 122 cm³/mol. The Bertz CT molecular complexity index is 1210. The standard InChI is InChI=1S/C25H24N2O3S/c28-24-14-13-21-17-23(16-20-10-7-15-26(24)25(20)21)31(29,30)27(22-11-5-2-6-12-22)18-19-8-3-1-4-9-19/h1-6,8-9,11-12,16-17H,7,10,13-15,18H2. The lowest BCUT2D eigenvalue weighted by Gasteiger charge is -2.36. The Morgan fingerprint density at radius 3 is 2.19 bits per heavy atom. The van der Waals surface area contributed by atoms with Crippen LogP contribution in [0.1, 0.15) is 29.5 Å². The van der Waals surface area contributed by atoms with Crippen molar-refractivity contribution < 1.29 is 13.2 Å². The Morgan fingerprint density at radius 2 is 1.48 bits per heavy atom. The lowest BCUT2D eigenvalue weighted by molar-refractivity contribution is -0.119. The summed E-state index contributed by atoms with van der Waals surface area (Å²) in [6, 6.07) is 22.4. The summed E-state index contributed by atoms with van der Waals surface area (Å²) in [4.78, 5) is 14.5. The number of aryl methyl sites for hydroxylation is 2. The van der Waals surface area contributed by atoms with Crippen molar-refractivity contribution in [2.24, 2.45) is 0 Å². The second-order valence-electron chi connectivity index (χ2n) is 8.07. The molecule has 0 aromatic heterocycles. The van der Waals surface area contributed by atoms with Crippen LogP contribution >= 0.6 is 0 Å². The van der Waals surface area contributed by atoms with Crippen molar-refractivity contribution in [1.29, 1.82) is 0 Å². The fraction of sp³-hybridized carbons (Fsp3) is 0.240. The molecule has 0 fully saturated rings. The smallest absolute Gasteiger partial charge is 0.264 e. The summed E-state index contributed by atoms with van der Waals surface area (Å²) in [7, 11) is -3.80. The van der Waals surface area contributed by atoms with Gasteiger partial charge in [0.1, 0.15) is 0 Å². The lowest BCUT2D eigenvalue weighted by atomic mass is 9.92. The van der Waals surface area contributed by atoms with Crippen LogP contribution in [0.2, 0.25) is 0 Å². The van der Waals surface area contributed by atoms with E-state index in [0.29, 0.717) is 23.4 Å². The molecule has 1 amide bonds. The number of benzene rings is 3. The molecule has 0 bridgehead atoms. The summed E-state index contributed by atoms with van der Waals surface area (Å²) < 4.78 is 29.3. The molecule has 2 heterocycles. The highest BCUT2D eigenvalue weighted by molar-refractivity contribution is 7.92. The van der Waals surface area contributed by atoms with Crippen LogP contribution in [0.25, 0.3) is 0 Å². The van der Waals surface area contributed by atoms with Crippen molar-refractivity contribution in [2.75, 3.05) is 15.7 Å². The lowest BCUT2D eigenvalue weighted by Crippen LogP contribution is -2.39. The minimum Gasteiger partial charge on any atom is -0.312 e. The van der Waals surface area contributed by atoms with Crippen LogP contribution in [0.3, 0.4) is 0 Å². The van der Waals surface area contributed by atoms with E-state index in [1.807, 2.05) is 65.6 Å². The highest BCUT2D eigenvalue weighted by Gasteiger charge is 2.33. The zero-order chi connectivity index (χ0) is 21.4. The third-order valence-electron chi connectivity index (χ3n) is 6.05. The fourth-order valence-corrected chi connectivity index (χ4v) is 6.11. The highest BCUT2D eigenvalue weighted by Crippen LogP contribution is 2.38. The third kappa shape index (κ3) is 3.61. The second-order valence-corrected chi connectivity index (χ2v) is 9.93. The first-order chi connectivity index (χ1) is 15.0. The molecular formula is C25H24N2O3S. The van der Waals surface area contributed by atoms with E-state index >= 15 is 0 Å². The van der Waals surface area contributed by atoms with E-state index < -0.39 is 10.0 Å². The summed E-state index contributed by atoms with van der Waals surface area (Å²) >= 11 is 0. The SMILES string of the molecule is O=C1CCc2cc(S(=O)(=O)N(Cc3ccccc3)c3ccccc3)cc3c2N1CCC3. The monoisotopic (exact) mass is 432 g/mol. The van der Waals surface area contributed by atoms with Gasteiger partial charge in [0.25, 0.3) is 10.0 Å². The average molecular weight is 433 g/mol. The van der Waals surface area contributed by atoms with Gasteiger partial charge in [-0.25, -0.2) is 8.42 Å². The normalized spacial score (nSPS) is 15.5. The Morgan fingerprint density at radius 1 is 0.839 bits per heavy atom. The first kappa shape index (κ1) is 19.8. The third-order valence-corrected chi connectivity index (χ3v) is 7.80. The summed E-state index contributed by atoms with van der Waals surface area (Å²) in [6.45, 7) is 0.972. The quantitative estimate of drug-likeness (QED) is 0.604. The predicted octanol–water partition coefficient (Wildman–Crippen LogP) is 4.31. The van der Waals surface area contributed by atoms with Gasteiger partial charge >= 0.3 is 0 Å². The van der Waals surface area contributed by atoms with Crippen molar-refractivity contribution >= 4 is 27.3 Å². The largest absolute Gasteiger partial charge is 0.312 e. The van der Waals surface area contributed by atoms with Gasteiger partial charge in [0, 0.05) is 13.0 Å². The molecule has 0 unspecified atom stereocenters. The van der Waals surface area contributed by atoms with Crippen LogP contribution in [0, 0.1) is 0 Å². The maximum atomic E-state index is 13.9. The zero-order valence-electron chi connectivity index (χ0n) is 17.2. The molecule has 0 spiro atoms. The summed E-state index contributed by atoms with van der Waals surface area (Å²) in [5, 5.41) is 0. The summed E-state index contributed by atoms with van der Waals surface area (Å²) in [6.07, 6.45) is 2.67. The Labute approximate surface area is 183 Å². The van der Waals surface area contributed by atoms with Crippen molar-refractivity contribution in [2.45, 2.75) is 37.1 Å². The Kier molecular flexibility index (Phi) is 5.02. The van der Waals surface area contributed by atoms with Crippen LogP contribution in [-0.4, -0.2) is 20.9 Å². The average Bonchev–Trinajstić information content (AvgIpc) is 2.81. The van der Waals surface area contributed by atoms with Crippen molar-refractivity contribution in [3.05, 3.63) is 89.5 Å². The van der Waals surface area contributed by atoms with Crippen LogP contribution < -0.4 is 9.21 Å². The van der Waals surface area contributed by atoms with E-state index in [0.717, 1.165) is 41.8 Å². The molecule has 6 heteroatoms. The minimum atomic E-state index is -3.80. The van der Waals surface area contributed by atoms with E-state index in [-0.39, 0.29) is 12.5 Å². The molecule has 158 valence electrons. The number of carbonyl (C=O) groups excluding carboxylic acids is 1. The van der Waals surface area contributed by atoms with E-state index in [1.165, 1.54) is 4.31 Å². The number of nitrogens with zero attached hydrogens (tertiary/aromatic N) is 2. The first-order valence-electron chi connectivity index (χ1n) is 10.6. The van der Waals surface area contributed by atoms with Crippen LogP contribution in [0.15, 0.2) is 77.7 Å². The van der Waals surface area contributed by atoms with Gasteiger partial charge in [-0.15, -0.1) is 0 Å². The number of rotatable bonds is 5. The molecule has 2 aliphatic heterocycles. The van der Waals surface area contributed by atoms with Crippen LogP contribution in [0.5, 0.6) is 0 Å². The van der Waals surface area contributed by atoms with E-state index in [9.17, 15) is 13.2 Å². The molecule has 5 rings (SSSR count). The summed E-state index contributed by atoms with van der Waals surface area (Å²) in [5.74, 6) is 0.138. The number of hydrogen-bond acceptors (Lipinski definition) is 3. The molecule has 3 aromatic carbocycles. The van der Waals surface area contributed by atoms with Gasteiger partial charge in [0.05, 0.1) is 22.8 Å². The van der Waals surface area contributed by atoms with Gasteiger partial charge in [0.15, 0.2) is 0 Å². The summed E-state index contributed by atoms with van der Waals surface area (Å²) in [5.41, 5.74) is 4.42. The first-order valence-corrected chi connectivity index (χ1v) is 12.1. The van der Waals surface area contributed by atoms with Gasteiger partial charge < -0.3 is 4.90 Å². The molecule has 0 saturated carbocycles. The second kappa shape index (κ2) is 7.85. The van der Waals surface area contributed by atoms with Crippen molar-refractivity contribution in [1.82, 2.24) is 0 Å². The molecule has 31 heavy (non-hydrogen) atoms. The zero-order valence-corrected chi connectivity index (χ0v) is 18.0. The van der Waals surface area contributed by atoms with Gasteiger partial charge in [-0.3, -0.25) is 9.10 Å². The molecule has 0 radical (unpaired) electrons. The van der Waals surface area contributed by atoms with Crippen molar-refractivity contribution in [3.8, 4) is 0 Å². The number of amides is 1. The van der Waals surface area contributed by atoms with Gasteiger partial charge in [-0.2, -0.15) is 0 Å². The molecule has 3 aromatic rings. The molecule has 0 aliphatic carbocycles. The van der Waals surface area contributed by atoms with E-state index in [4.69, 9.17) is 0 Å². The van der Waals surface area contributed by atoms with E-state index in [2.05, 4.69) is 0 Å². The fourth-order valence-electron chi connectivity index (χ4n) is 4.56. The Hall–Kier alpha value is -3.12. The number of para-hydroxylation sites is 1. The number of anilines is 2. The number of hydrogen-bond donors (Lipinski definition) is 0. The molecule has 0 N–H and O–H groups in total. The maximum absolute atomic E-state index is 13.9. The maximum Gasteiger partial charge on any atom is 0.264 e. The Balaban J connectivity index is 1.61. The van der Waals surface area contributed by atoms with Gasteiger partial charge in [-0.1, -0.05) is 48.5 Å². The molecule has 2 aliphatic rings. The molecular weight excluding hydrogens is 408 g/mol. The molecule has 0 saturated heterocycles. The van der Waals surface area contributed by atoms with Gasteiger partial charge in [0.2, 0.25) is 5.91 Å². The van der Waals surface area contributed by atoms with E-state index in [1.54, 1.807) is 12.1 Å². The highest BCUT2D eigenvalue weighted by atomic mass is 32.2. The van der Waals surface area contributed by atoms with Crippen LogP contribution in [0.4, 0.5) is 11.4 Å². The minimum absolute atomic E-state index is 0.138. The number of sulfonamides is 1. The topological polar surface area (TPSA) is 57.7 Å². The van der Waals surface area contributed by atoms with Crippen molar-refractivity contribution in [3.63, 3.8) is 0 Å².